The highest BCUT2D eigenvalue weighted by atomic mass is 19.1. The van der Waals surface area contributed by atoms with Gasteiger partial charge in [0, 0.05) is 34.4 Å². The van der Waals surface area contributed by atoms with Crippen molar-refractivity contribution in [3.05, 3.63) is 325 Å². The molecule has 3 saturated carbocycles. The van der Waals surface area contributed by atoms with E-state index in [1.54, 1.807) is 60.7 Å². The second-order valence-corrected chi connectivity index (χ2v) is 30.5. The van der Waals surface area contributed by atoms with Gasteiger partial charge in [-0.2, -0.15) is 0 Å². The zero-order valence-electron chi connectivity index (χ0n) is 64.8. The van der Waals surface area contributed by atoms with Gasteiger partial charge in [-0.3, -0.25) is 4.90 Å². The summed E-state index contributed by atoms with van der Waals surface area (Å²) in [6.45, 7) is 16.5. The number of benzene rings is 10. The number of rotatable bonds is 18. The topological polar surface area (TPSA) is 118 Å². The molecule has 16 heteroatoms. The minimum Gasteiger partial charge on any atom is -0.508 e. The molecule has 0 radical (unpaired) electrons. The van der Waals surface area contributed by atoms with Crippen molar-refractivity contribution in [2.24, 2.45) is 17.8 Å². The third-order valence-electron chi connectivity index (χ3n) is 21.8. The van der Waals surface area contributed by atoms with E-state index in [9.17, 15) is 32.2 Å². The van der Waals surface area contributed by atoms with Crippen molar-refractivity contribution in [3.8, 4) is 57.5 Å². The standard InChI is InChI=1S/2C21H21FO2.C20H20FNO2.C20H19FO2.C16H13FO2/c2*1-2-15-13-24-20-10-9-18(23-12-14-3-4-14)11-19(20)21(15)16-5-7-17(22)8-6-16;21-16-5-3-14(4-6-16)20-15(12-22-9-1-2-10-22)13-24-19-8-7-17(23)11-18(19)20;1-13-11-23-19-9-8-17(22-12-14-2-3-14)10-18(19)20(13)15-4-6-16(21)7-5-15;1-10-9-19-15-7-6-13(18)8-14(15)16(10)11-2-4-12(17)5-3-11/h2*5-11,14H,2-4,12-13H2,1H3;3-8,11,23H,1-2,9-10,12-13H2;4-10,14H,2-3,11-12H2,1H3;2-8,18H,9H2,1H3. The van der Waals surface area contributed by atoms with E-state index in [0.29, 0.717) is 33.0 Å². The zero-order valence-corrected chi connectivity index (χ0v) is 64.8. The van der Waals surface area contributed by atoms with E-state index >= 15 is 0 Å². The molecule has 0 aromatic heterocycles. The van der Waals surface area contributed by atoms with Crippen LogP contribution < -0.4 is 37.9 Å². The third kappa shape index (κ3) is 19.2. The number of phenolic OH excluding ortho intramolecular Hbond substituents is 2. The SMILES string of the molecule is CC1=C(c2ccc(F)cc2)c2cc(O)ccc2OC1.CC1=C(c2ccc(F)cc2)c2cc(OCC3CC3)ccc2OC1.CCC1=C(c2ccc(F)cc2)c2cc(OCC3CC3)ccc2OC1.CCC1=C(c2ccc(F)cc2)c2cc(OCC3CC3)ccc2OC1.Oc1ccc2c(c1)C(c1ccc(F)cc1)=C(CN1CCCC1)CO2. The lowest BCUT2D eigenvalue weighted by Gasteiger charge is -2.27. The van der Waals surface area contributed by atoms with Crippen LogP contribution in [0.5, 0.6) is 57.5 Å². The van der Waals surface area contributed by atoms with Gasteiger partial charge in [-0.1, -0.05) is 74.5 Å². The molecule has 10 aromatic carbocycles. The Hall–Kier alpha value is -11.5. The van der Waals surface area contributed by atoms with Crippen LogP contribution in [-0.2, 0) is 0 Å². The Balaban J connectivity index is 0.000000113. The quantitative estimate of drug-likeness (QED) is 0.0800. The predicted molar refractivity (Wildman–Crippen MR) is 437 cm³/mol. The summed E-state index contributed by atoms with van der Waals surface area (Å²) < 4.78 is 113. The van der Waals surface area contributed by atoms with Crippen molar-refractivity contribution in [1.82, 2.24) is 4.90 Å². The summed E-state index contributed by atoms with van der Waals surface area (Å²) in [5.74, 6) is 8.10. The van der Waals surface area contributed by atoms with Gasteiger partial charge in [0.1, 0.15) is 120 Å². The summed E-state index contributed by atoms with van der Waals surface area (Å²) in [5, 5.41) is 19.6. The molecule has 0 unspecified atom stereocenters. The van der Waals surface area contributed by atoms with Gasteiger partial charge in [0.2, 0.25) is 0 Å². The number of fused-ring (bicyclic) bond motifs is 5. The first-order chi connectivity index (χ1) is 55.5. The first-order valence-corrected chi connectivity index (χ1v) is 39.7. The molecule has 19 rings (SSSR count). The largest absolute Gasteiger partial charge is 0.508 e. The normalized spacial score (nSPS) is 16.4. The molecule has 0 atom stereocenters. The Morgan fingerprint density at radius 2 is 0.588 bits per heavy atom. The number of halogens is 5. The van der Waals surface area contributed by atoms with Crippen LogP contribution in [0.2, 0.25) is 0 Å². The summed E-state index contributed by atoms with van der Waals surface area (Å²) in [5.41, 5.74) is 21.1. The van der Waals surface area contributed by atoms with Gasteiger partial charge in [-0.25, -0.2) is 22.0 Å². The van der Waals surface area contributed by atoms with Crippen LogP contribution >= 0.6 is 0 Å². The van der Waals surface area contributed by atoms with E-state index in [-0.39, 0.29) is 40.6 Å². The zero-order chi connectivity index (χ0) is 78.8. The van der Waals surface area contributed by atoms with Gasteiger partial charge in [0.15, 0.2) is 0 Å². The molecular formula is C98H94F5NO10. The molecule has 2 N–H and O–H groups in total. The molecule has 114 heavy (non-hydrogen) atoms. The number of likely N-dealkylation sites (tertiary alicyclic amines) is 1. The monoisotopic (exact) mass is 1540 g/mol. The summed E-state index contributed by atoms with van der Waals surface area (Å²) >= 11 is 0. The van der Waals surface area contributed by atoms with Gasteiger partial charge < -0.3 is 48.1 Å². The average molecular weight is 1540 g/mol. The van der Waals surface area contributed by atoms with Crippen LogP contribution in [0.15, 0.2) is 240 Å². The van der Waals surface area contributed by atoms with Crippen molar-refractivity contribution in [1.29, 1.82) is 0 Å². The number of hydrogen-bond acceptors (Lipinski definition) is 11. The predicted octanol–water partition coefficient (Wildman–Crippen LogP) is 22.8. The molecule has 6 heterocycles. The molecule has 6 aliphatic heterocycles. The number of aromatic hydroxyl groups is 2. The maximum Gasteiger partial charge on any atom is 0.127 e. The van der Waals surface area contributed by atoms with Gasteiger partial charge in [0.25, 0.3) is 0 Å². The van der Waals surface area contributed by atoms with Crippen LogP contribution in [0, 0.1) is 46.8 Å². The highest BCUT2D eigenvalue weighted by Gasteiger charge is 2.30. The van der Waals surface area contributed by atoms with Crippen molar-refractivity contribution in [2.45, 2.75) is 91.9 Å². The van der Waals surface area contributed by atoms with Gasteiger partial charge in [0.05, 0.1) is 19.8 Å². The van der Waals surface area contributed by atoms with E-state index in [4.69, 9.17) is 37.9 Å². The van der Waals surface area contributed by atoms with E-state index in [1.807, 2.05) is 85.8 Å². The maximum absolute atomic E-state index is 13.3. The van der Waals surface area contributed by atoms with Crippen LogP contribution in [0.4, 0.5) is 22.0 Å². The lowest BCUT2D eigenvalue weighted by atomic mass is 9.90. The third-order valence-corrected chi connectivity index (χ3v) is 21.8. The number of hydrogen-bond donors (Lipinski definition) is 2. The van der Waals surface area contributed by atoms with Crippen molar-refractivity contribution in [2.75, 3.05) is 72.5 Å². The molecule has 1 saturated heterocycles. The first kappa shape index (κ1) is 77.8. The summed E-state index contributed by atoms with van der Waals surface area (Å²) in [7, 11) is 0. The molecule has 0 bridgehead atoms. The maximum atomic E-state index is 13.3. The summed E-state index contributed by atoms with van der Waals surface area (Å²) in [6.07, 6.45) is 11.9. The Morgan fingerprint density at radius 1 is 0.325 bits per heavy atom. The Kier molecular flexibility index (Phi) is 24.4. The fourth-order valence-electron chi connectivity index (χ4n) is 15.1. The minimum atomic E-state index is -0.259. The van der Waals surface area contributed by atoms with E-state index < -0.39 is 0 Å². The Morgan fingerprint density at radius 3 is 0.904 bits per heavy atom. The first-order valence-electron chi connectivity index (χ1n) is 39.7. The second kappa shape index (κ2) is 35.7. The van der Waals surface area contributed by atoms with E-state index in [1.165, 1.54) is 129 Å². The number of phenols is 2. The van der Waals surface area contributed by atoms with E-state index in [0.717, 1.165) is 211 Å². The molecule has 3 aliphatic carbocycles. The fraction of sp³-hybridized carbons (Fsp3) is 0.286. The average Bonchev–Trinajstić information content (AvgIpc) is 1.19. The Bertz CT molecular complexity index is 5130. The molecule has 9 aliphatic rings. The number of ether oxygens (including phenoxy) is 8. The summed E-state index contributed by atoms with van der Waals surface area (Å²) in [4.78, 5) is 2.43. The lowest BCUT2D eigenvalue weighted by molar-refractivity contribution is 0.297. The van der Waals surface area contributed by atoms with Gasteiger partial charge in [-0.05, 0) is 344 Å². The molecular weight excluding hydrogens is 1450 g/mol. The van der Waals surface area contributed by atoms with Crippen molar-refractivity contribution in [3.63, 3.8) is 0 Å². The van der Waals surface area contributed by atoms with Crippen LogP contribution in [0.3, 0.4) is 0 Å². The lowest BCUT2D eigenvalue weighted by Crippen LogP contribution is -2.26. The Labute approximate surface area is 663 Å². The smallest absolute Gasteiger partial charge is 0.127 e. The fourth-order valence-corrected chi connectivity index (χ4v) is 15.1. The molecule has 586 valence electrons. The van der Waals surface area contributed by atoms with Crippen molar-refractivity contribution >= 4 is 27.9 Å². The second-order valence-electron chi connectivity index (χ2n) is 30.5. The molecule has 11 nitrogen and oxygen atoms in total. The van der Waals surface area contributed by atoms with Gasteiger partial charge >= 0.3 is 0 Å². The number of nitrogens with zero attached hydrogens (tertiary/aromatic N) is 1. The minimum absolute atomic E-state index is 0.191. The summed E-state index contributed by atoms with van der Waals surface area (Å²) in [6, 6.07) is 61.1. The highest BCUT2D eigenvalue weighted by molar-refractivity contribution is 5.91. The highest BCUT2D eigenvalue weighted by Crippen LogP contribution is 2.47. The molecule has 0 amide bonds. The molecule has 0 spiro atoms. The van der Waals surface area contributed by atoms with Crippen LogP contribution in [-0.4, -0.2) is 87.6 Å². The van der Waals surface area contributed by atoms with Crippen LogP contribution in [0.25, 0.3) is 27.9 Å². The van der Waals surface area contributed by atoms with Crippen molar-refractivity contribution < 1.29 is 70.1 Å². The molecule has 10 aromatic rings. The molecule has 4 fully saturated rings. The van der Waals surface area contributed by atoms with E-state index in [2.05, 4.69) is 37.8 Å². The van der Waals surface area contributed by atoms with Gasteiger partial charge in [-0.15, -0.1) is 0 Å². The van der Waals surface area contributed by atoms with Crippen LogP contribution in [0.1, 0.15) is 148 Å².